The predicted octanol–water partition coefficient (Wildman–Crippen LogP) is 1.93. The van der Waals surface area contributed by atoms with Crippen molar-refractivity contribution in [2.75, 3.05) is 26.2 Å². The Balaban J connectivity index is 1.64. The zero-order valence-electron chi connectivity index (χ0n) is 12.5. The van der Waals surface area contributed by atoms with E-state index in [-0.39, 0.29) is 5.41 Å². The third-order valence-corrected chi connectivity index (χ3v) is 5.83. The zero-order valence-corrected chi connectivity index (χ0v) is 12.5. The monoisotopic (exact) mass is 274 g/mol. The highest BCUT2D eigenvalue weighted by atomic mass is 15.3. The molecule has 0 amide bonds. The second-order valence-electron chi connectivity index (χ2n) is 7.13. The van der Waals surface area contributed by atoms with Gasteiger partial charge < -0.3 is 9.88 Å². The summed E-state index contributed by atoms with van der Waals surface area (Å²) in [6.45, 7) is 7.22. The van der Waals surface area contributed by atoms with E-state index in [4.69, 9.17) is 0 Å². The van der Waals surface area contributed by atoms with Gasteiger partial charge in [-0.05, 0) is 38.8 Å². The maximum Gasteiger partial charge on any atom is 0.0951 e. The summed E-state index contributed by atoms with van der Waals surface area (Å²) in [5.41, 5.74) is 1.73. The molecule has 3 fully saturated rings. The van der Waals surface area contributed by atoms with Gasteiger partial charge in [0.25, 0.3) is 0 Å². The summed E-state index contributed by atoms with van der Waals surface area (Å²) >= 11 is 0. The molecule has 4 heterocycles. The Labute approximate surface area is 121 Å². The van der Waals surface area contributed by atoms with Gasteiger partial charge in [-0.1, -0.05) is 13.3 Å². The van der Waals surface area contributed by atoms with Crippen molar-refractivity contribution in [1.82, 2.24) is 19.8 Å². The van der Waals surface area contributed by atoms with E-state index >= 15 is 0 Å². The van der Waals surface area contributed by atoms with Gasteiger partial charge in [0.05, 0.1) is 12.4 Å². The molecule has 1 aromatic rings. The first kappa shape index (κ1) is 12.8. The lowest BCUT2D eigenvalue weighted by Gasteiger charge is -2.35. The molecule has 0 saturated carbocycles. The molecule has 4 rings (SSSR count). The lowest BCUT2D eigenvalue weighted by Crippen LogP contribution is -2.39. The molecule has 3 aliphatic rings. The highest BCUT2D eigenvalue weighted by Crippen LogP contribution is 2.39. The van der Waals surface area contributed by atoms with Gasteiger partial charge in [-0.25, -0.2) is 4.98 Å². The summed E-state index contributed by atoms with van der Waals surface area (Å²) in [5, 5.41) is 3.52. The number of nitrogens with zero attached hydrogens (tertiary/aromatic N) is 3. The molecule has 3 saturated heterocycles. The van der Waals surface area contributed by atoms with E-state index in [1.165, 1.54) is 50.9 Å². The smallest absolute Gasteiger partial charge is 0.0951 e. The first-order valence-electron chi connectivity index (χ1n) is 8.25. The third-order valence-electron chi connectivity index (χ3n) is 5.83. The minimum Gasteiger partial charge on any atom is -0.329 e. The van der Waals surface area contributed by atoms with Crippen molar-refractivity contribution >= 4 is 0 Å². The molecule has 110 valence electrons. The van der Waals surface area contributed by atoms with Crippen LogP contribution < -0.4 is 5.32 Å². The van der Waals surface area contributed by atoms with Gasteiger partial charge in [-0.2, -0.15) is 0 Å². The normalized spacial score (nSPS) is 38.2. The lowest BCUT2D eigenvalue weighted by atomic mass is 9.85. The number of nitrogens with one attached hydrogen (secondary N) is 1. The second kappa shape index (κ2) is 4.85. The van der Waals surface area contributed by atoms with Crippen LogP contribution >= 0.6 is 0 Å². The second-order valence-corrected chi connectivity index (χ2v) is 7.13. The Morgan fingerprint density at radius 2 is 2.20 bits per heavy atom. The van der Waals surface area contributed by atoms with Gasteiger partial charge in [0.2, 0.25) is 0 Å². The zero-order chi connectivity index (χ0) is 13.6. The molecule has 0 bridgehead atoms. The topological polar surface area (TPSA) is 33.1 Å². The van der Waals surface area contributed by atoms with Gasteiger partial charge >= 0.3 is 0 Å². The molecule has 1 N–H and O–H groups in total. The molecule has 3 atom stereocenters. The van der Waals surface area contributed by atoms with Gasteiger partial charge in [-0.3, -0.25) is 4.90 Å². The molecule has 3 aliphatic heterocycles. The molecule has 1 aromatic heterocycles. The first-order chi connectivity index (χ1) is 9.78. The van der Waals surface area contributed by atoms with Crippen molar-refractivity contribution in [1.29, 1.82) is 0 Å². The number of fused-ring (bicyclic) bond motifs is 1. The molecular weight excluding hydrogens is 248 g/mol. The minimum absolute atomic E-state index is 0.276. The van der Waals surface area contributed by atoms with Gasteiger partial charge in [0.15, 0.2) is 0 Å². The SMILES string of the molecule is CC1(c2cncn2C2CCN3CCCCC23)CCNC1. The van der Waals surface area contributed by atoms with Crippen LogP contribution in [0.15, 0.2) is 12.5 Å². The minimum atomic E-state index is 0.276. The molecule has 0 radical (unpaired) electrons. The van der Waals surface area contributed by atoms with Gasteiger partial charge in [-0.15, -0.1) is 0 Å². The molecule has 4 nitrogen and oxygen atoms in total. The Morgan fingerprint density at radius 3 is 3.05 bits per heavy atom. The van der Waals surface area contributed by atoms with Crippen LogP contribution in [0.25, 0.3) is 0 Å². The Hall–Kier alpha value is -0.870. The van der Waals surface area contributed by atoms with E-state index in [0.29, 0.717) is 6.04 Å². The molecular formula is C16H26N4. The standard InChI is InChI=1S/C16H26N4/c1-16(6-7-17-11-16)15-10-18-12-20(15)14-5-9-19-8-3-2-4-13(14)19/h10,12-14,17H,2-9,11H2,1H3. The van der Waals surface area contributed by atoms with E-state index in [2.05, 4.69) is 39.2 Å². The maximum absolute atomic E-state index is 4.51. The summed E-state index contributed by atoms with van der Waals surface area (Å²) in [6, 6.07) is 1.42. The fourth-order valence-electron chi connectivity index (χ4n) is 4.62. The van der Waals surface area contributed by atoms with Crippen LogP contribution in [0.4, 0.5) is 0 Å². The van der Waals surface area contributed by atoms with Crippen LogP contribution in [-0.4, -0.2) is 46.7 Å². The fourth-order valence-corrected chi connectivity index (χ4v) is 4.62. The van der Waals surface area contributed by atoms with Crippen LogP contribution in [0.3, 0.4) is 0 Å². The maximum atomic E-state index is 4.51. The van der Waals surface area contributed by atoms with Gasteiger partial charge in [0, 0.05) is 36.4 Å². The van der Waals surface area contributed by atoms with Crippen molar-refractivity contribution in [2.45, 2.75) is 56.5 Å². The van der Waals surface area contributed by atoms with Crippen LogP contribution in [0.2, 0.25) is 0 Å². The largest absolute Gasteiger partial charge is 0.329 e. The molecule has 3 unspecified atom stereocenters. The van der Waals surface area contributed by atoms with Crippen molar-refractivity contribution in [2.24, 2.45) is 0 Å². The van der Waals surface area contributed by atoms with E-state index < -0.39 is 0 Å². The van der Waals surface area contributed by atoms with E-state index in [1.54, 1.807) is 0 Å². The highest BCUT2D eigenvalue weighted by molar-refractivity contribution is 5.19. The van der Waals surface area contributed by atoms with Crippen molar-refractivity contribution in [3.63, 3.8) is 0 Å². The van der Waals surface area contributed by atoms with E-state index in [9.17, 15) is 0 Å². The molecule has 20 heavy (non-hydrogen) atoms. The summed E-state index contributed by atoms with van der Waals surface area (Å²) in [6.07, 6.45) is 10.9. The predicted molar refractivity (Wildman–Crippen MR) is 79.9 cm³/mol. The number of hydrogen-bond acceptors (Lipinski definition) is 3. The Bertz CT molecular complexity index is 475. The molecule has 4 heteroatoms. The lowest BCUT2D eigenvalue weighted by molar-refractivity contribution is 0.171. The fraction of sp³-hybridized carbons (Fsp3) is 0.812. The first-order valence-corrected chi connectivity index (χ1v) is 8.25. The molecule has 0 spiro atoms. The van der Waals surface area contributed by atoms with Crippen molar-refractivity contribution in [3.8, 4) is 0 Å². The average Bonchev–Trinajstić information content (AvgIpc) is 3.16. The van der Waals surface area contributed by atoms with E-state index in [1.807, 2.05) is 0 Å². The van der Waals surface area contributed by atoms with Crippen LogP contribution in [0.5, 0.6) is 0 Å². The molecule has 0 aromatic carbocycles. The van der Waals surface area contributed by atoms with Crippen molar-refractivity contribution in [3.05, 3.63) is 18.2 Å². The van der Waals surface area contributed by atoms with Crippen LogP contribution in [0.1, 0.15) is 50.8 Å². The third kappa shape index (κ3) is 1.92. The summed E-state index contributed by atoms with van der Waals surface area (Å²) in [7, 11) is 0. The number of piperidine rings is 1. The van der Waals surface area contributed by atoms with Gasteiger partial charge in [0.1, 0.15) is 0 Å². The Kier molecular flexibility index (Phi) is 3.11. The Morgan fingerprint density at radius 1 is 1.25 bits per heavy atom. The van der Waals surface area contributed by atoms with Crippen LogP contribution in [-0.2, 0) is 5.41 Å². The van der Waals surface area contributed by atoms with Crippen molar-refractivity contribution < 1.29 is 0 Å². The summed E-state index contributed by atoms with van der Waals surface area (Å²) < 4.78 is 2.53. The summed E-state index contributed by atoms with van der Waals surface area (Å²) in [5.74, 6) is 0. The number of imidazole rings is 1. The van der Waals surface area contributed by atoms with Crippen LogP contribution in [0, 0.1) is 0 Å². The molecule has 0 aliphatic carbocycles. The van der Waals surface area contributed by atoms with E-state index in [0.717, 1.165) is 19.1 Å². The highest BCUT2D eigenvalue weighted by Gasteiger charge is 2.40. The number of rotatable bonds is 2. The number of aromatic nitrogens is 2. The summed E-state index contributed by atoms with van der Waals surface area (Å²) in [4.78, 5) is 7.23. The number of hydrogen-bond donors (Lipinski definition) is 1. The quantitative estimate of drug-likeness (QED) is 0.894. The average molecular weight is 274 g/mol.